The summed E-state index contributed by atoms with van der Waals surface area (Å²) in [5.41, 5.74) is 0.799. The molecule has 0 unspecified atom stereocenters. The van der Waals surface area contributed by atoms with Crippen molar-refractivity contribution in [3.63, 3.8) is 0 Å². The van der Waals surface area contributed by atoms with Crippen molar-refractivity contribution in [1.82, 2.24) is 15.2 Å². The van der Waals surface area contributed by atoms with Crippen LogP contribution >= 0.6 is 0 Å². The first-order chi connectivity index (χ1) is 12.1. The van der Waals surface area contributed by atoms with Gasteiger partial charge in [0, 0.05) is 19.3 Å². The fraction of sp³-hybridized carbons (Fsp3) is 0.316. The van der Waals surface area contributed by atoms with Crippen LogP contribution in [-0.4, -0.2) is 29.5 Å². The molecular weight excluding hydrogens is 318 g/mol. The molecule has 6 nitrogen and oxygen atoms in total. The summed E-state index contributed by atoms with van der Waals surface area (Å²) in [6.07, 6.45) is 4.58. The maximum Gasteiger partial charge on any atom is 0.263 e. The van der Waals surface area contributed by atoms with E-state index in [0.29, 0.717) is 12.1 Å². The Bertz CT molecular complexity index is 839. The molecule has 1 heterocycles. The van der Waals surface area contributed by atoms with Crippen LogP contribution in [0.3, 0.4) is 0 Å². The molecule has 1 aliphatic carbocycles. The van der Waals surface area contributed by atoms with Crippen LogP contribution in [0.15, 0.2) is 47.4 Å². The number of hydrogen-bond acceptors (Lipinski definition) is 3. The predicted molar refractivity (Wildman–Crippen MR) is 94.7 cm³/mol. The van der Waals surface area contributed by atoms with Gasteiger partial charge in [0.05, 0.1) is 12.1 Å². The first-order valence-corrected chi connectivity index (χ1v) is 8.40. The summed E-state index contributed by atoms with van der Waals surface area (Å²) < 4.78 is 1.41. The molecule has 2 amide bonds. The van der Waals surface area contributed by atoms with Crippen molar-refractivity contribution in [2.45, 2.75) is 31.8 Å². The molecule has 1 saturated carbocycles. The highest BCUT2D eigenvalue weighted by molar-refractivity contribution is 5.99. The van der Waals surface area contributed by atoms with Crippen LogP contribution in [0.25, 0.3) is 0 Å². The fourth-order valence-electron chi connectivity index (χ4n) is 2.78. The van der Waals surface area contributed by atoms with Gasteiger partial charge in [-0.05, 0) is 30.9 Å². The predicted octanol–water partition coefficient (Wildman–Crippen LogP) is 1.54. The van der Waals surface area contributed by atoms with Crippen LogP contribution in [-0.2, 0) is 6.54 Å². The number of rotatable bonds is 5. The van der Waals surface area contributed by atoms with Gasteiger partial charge in [0.25, 0.3) is 17.4 Å². The Hall–Kier alpha value is -2.89. The van der Waals surface area contributed by atoms with Crippen molar-refractivity contribution < 1.29 is 9.59 Å². The molecule has 1 aromatic carbocycles. The topological polar surface area (TPSA) is 80.2 Å². The second-order valence-corrected chi connectivity index (χ2v) is 6.24. The molecule has 0 atom stereocenters. The Morgan fingerprint density at radius 3 is 2.48 bits per heavy atom. The smallest absolute Gasteiger partial charge is 0.263 e. The molecule has 25 heavy (non-hydrogen) atoms. The third-order valence-corrected chi connectivity index (χ3v) is 4.46. The Kier molecular flexibility index (Phi) is 4.97. The van der Waals surface area contributed by atoms with Gasteiger partial charge in [0.1, 0.15) is 5.56 Å². The first-order valence-electron chi connectivity index (χ1n) is 8.40. The average molecular weight is 339 g/mol. The lowest BCUT2D eigenvalue weighted by Gasteiger charge is -2.26. The van der Waals surface area contributed by atoms with Crippen LogP contribution in [0.2, 0.25) is 0 Å². The van der Waals surface area contributed by atoms with Gasteiger partial charge in [-0.15, -0.1) is 0 Å². The largest absolute Gasteiger partial charge is 0.355 e. The number of benzene rings is 1. The van der Waals surface area contributed by atoms with Crippen molar-refractivity contribution in [2.24, 2.45) is 0 Å². The zero-order valence-corrected chi connectivity index (χ0v) is 14.1. The second-order valence-electron chi connectivity index (χ2n) is 6.24. The molecule has 0 aliphatic heterocycles. The minimum absolute atomic E-state index is 0.0281. The third kappa shape index (κ3) is 3.79. The molecule has 1 aromatic heterocycles. The Morgan fingerprint density at radius 2 is 1.88 bits per heavy atom. The van der Waals surface area contributed by atoms with Crippen molar-refractivity contribution in [3.05, 3.63) is 69.6 Å². The molecule has 3 rings (SSSR count). The first kappa shape index (κ1) is 17.0. The summed E-state index contributed by atoms with van der Waals surface area (Å²) in [4.78, 5) is 37.1. The molecule has 130 valence electrons. The van der Waals surface area contributed by atoms with E-state index in [1.165, 1.54) is 23.9 Å². The van der Waals surface area contributed by atoms with Gasteiger partial charge >= 0.3 is 0 Å². The number of pyridine rings is 1. The normalized spacial score (nSPS) is 13.8. The van der Waals surface area contributed by atoms with Gasteiger partial charge in [0.2, 0.25) is 0 Å². The van der Waals surface area contributed by atoms with E-state index in [9.17, 15) is 14.4 Å². The monoisotopic (exact) mass is 339 g/mol. The van der Waals surface area contributed by atoms with Crippen molar-refractivity contribution in [3.8, 4) is 0 Å². The van der Waals surface area contributed by atoms with E-state index in [-0.39, 0.29) is 17.5 Å². The molecule has 1 aliphatic rings. The molecular formula is C19H21N3O3. The molecule has 0 spiro atoms. The van der Waals surface area contributed by atoms with Crippen LogP contribution in [0.1, 0.15) is 45.5 Å². The van der Waals surface area contributed by atoms with Gasteiger partial charge in [-0.3, -0.25) is 14.4 Å². The van der Waals surface area contributed by atoms with Crippen LogP contribution in [0.4, 0.5) is 0 Å². The Labute approximate surface area is 145 Å². The number of aromatic nitrogens is 1. The molecule has 6 heteroatoms. The van der Waals surface area contributed by atoms with Gasteiger partial charge < -0.3 is 15.2 Å². The minimum atomic E-state index is -0.495. The zero-order chi connectivity index (χ0) is 17.8. The summed E-state index contributed by atoms with van der Waals surface area (Å²) in [5, 5.41) is 5.40. The van der Waals surface area contributed by atoms with Gasteiger partial charge in [-0.2, -0.15) is 0 Å². The van der Waals surface area contributed by atoms with Crippen molar-refractivity contribution in [1.29, 1.82) is 0 Å². The lowest BCUT2D eigenvalue weighted by Crippen LogP contribution is -2.40. The van der Waals surface area contributed by atoms with E-state index in [0.717, 1.165) is 24.8 Å². The van der Waals surface area contributed by atoms with Crippen molar-refractivity contribution in [2.75, 3.05) is 7.05 Å². The summed E-state index contributed by atoms with van der Waals surface area (Å²) in [7, 11) is 1.46. The summed E-state index contributed by atoms with van der Waals surface area (Å²) >= 11 is 0. The minimum Gasteiger partial charge on any atom is -0.355 e. The average Bonchev–Trinajstić information content (AvgIpc) is 2.60. The Morgan fingerprint density at radius 1 is 1.16 bits per heavy atom. The van der Waals surface area contributed by atoms with E-state index >= 15 is 0 Å². The van der Waals surface area contributed by atoms with Gasteiger partial charge in [0.15, 0.2) is 0 Å². The molecule has 2 N–H and O–H groups in total. The van der Waals surface area contributed by atoms with Gasteiger partial charge in [-0.1, -0.05) is 30.3 Å². The Balaban J connectivity index is 1.97. The molecule has 1 fully saturated rings. The lowest BCUT2D eigenvalue weighted by atomic mass is 9.93. The standard InChI is InChI=1S/C19H21N3O3/c1-20-18(24)16-10-14(17(23)21-15-8-5-9-15)12-22(19(16)25)11-13-6-3-2-4-7-13/h2-4,6-7,10,12,15H,5,8-9,11H2,1H3,(H,20,24)(H,21,23). The number of carbonyl (C=O) groups excluding carboxylic acids is 2. The van der Waals surface area contributed by atoms with Crippen LogP contribution in [0.5, 0.6) is 0 Å². The summed E-state index contributed by atoms with van der Waals surface area (Å²) in [5.74, 6) is -0.748. The highest BCUT2D eigenvalue weighted by Gasteiger charge is 2.22. The maximum absolute atomic E-state index is 12.6. The van der Waals surface area contributed by atoms with Crippen LogP contribution < -0.4 is 16.2 Å². The maximum atomic E-state index is 12.6. The van der Waals surface area contributed by atoms with Crippen LogP contribution in [0, 0.1) is 0 Å². The molecule has 2 aromatic rings. The highest BCUT2D eigenvalue weighted by atomic mass is 16.2. The van der Waals surface area contributed by atoms with Gasteiger partial charge in [-0.25, -0.2) is 0 Å². The zero-order valence-electron chi connectivity index (χ0n) is 14.1. The fourth-order valence-corrected chi connectivity index (χ4v) is 2.78. The number of nitrogens with zero attached hydrogens (tertiary/aromatic N) is 1. The molecule has 0 radical (unpaired) electrons. The summed E-state index contributed by atoms with van der Waals surface area (Å²) in [6, 6.07) is 11.0. The van der Waals surface area contributed by atoms with E-state index in [1.54, 1.807) is 0 Å². The van der Waals surface area contributed by atoms with E-state index < -0.39 is 11.5 Å². The number of amides is 2. The van der Waals surface area contributed by atoms with E-state index in [4.69, 9.17) is 0 Å². The van der Waals surface area contributed by atoms with Crippen molar-refractivity contribution >= 4 is 11.8 Å². The quantitative estimate of drug-likeness (QED) is 0.867. The highest BCUT2D eigenvalue weighted by Crippen LogP contribution is 2.18. The molecule has 0 bridgehead atoms. The lowest BCUT2D eigenvalue weighted by molar-refractivity contribution is 0.0916. The van der Waals surface area contributed by atoms with E-state index in [1.807, 2.05) is 30.3 Å². The number of hydrogen-bond donors (Lipinski definition) is 2. The van der Waals surface area contributed by atoms with E-state index in [2.05, 4.69) is 10.6 Å². The molecule has 0 saturated heterocycles. The summed E-state index contributed by atoms with van der Waals surface area (Å²) in [6.45, 7) is 0.300. The number of nitrogens with one attached hydrogen (secondary N) is 2. The SMILES string of the molecule is CNC(=O)c1cc(C(=O)NC2CCC2)cn(Cc2ccccc2)c1=O. The second kappa shape index (κ2) is 7.34. The third-order valence-electron chi connectivity index (χ3n) is 4.46. The number of carbonyl (C=O) groups is 2.